The first-order chi connectivity index (χ1) is 12.8. The molecule has 1 heterocycles. The maximum Gasteiger partial charge on any atom is 0.333 e. The molecule has 7 nitrogen and oxygen atoms in total. The van der Waals surface area contributed by atoms with E-state index >= 15 is 0 Å². The van der Waals surface area contributed by atoms with Gasteiger partial charge in [0, 0.05) is 30.0 Å². The second-order valence-corrected chi connectivity index (χ2v) is 6.58. The van der Waals surface area contributed by atoms with Gasteiger partial charge in [-0.15, -0.1) is 0 Å². The van der Waals surface area contributed by atoms with Gasteiger partial charge in [-0.3, -0.25) is 9.36 Å². The van der Waals surface area contributed by atoms with Crippen molar-refractivity contribution < 1.29 is 29.3 Å². The predicted molar refractivity (Wildman–Crippen MR) is 97.1 cm³/mol. The van der Waals surface area contributed by atoms with Crippen LogP contribution in [-0.4, -0.2) is 32.8 Å². The number of hydrogen-bond acceptors (Lipinski definition) is 6. The van der Waals surface area contributed by atoms with Gasteiger partial charge in [-0.2, -0.15) is 0 Å². The number of benzene rings is 1. The van der Waals surface area contributed by atoms with Gasteiger partial charge < -0.3 is 19.7 Å². The van der Waals surface area contributed by atoms with E-state index in [2.05, 4.69) is 6.58 Å². The van der Waals surface area contributed by atoms with Crippen molar-refractivity contribution in [3.8, 4) is 23.2 Å². The summed E-state index contributed by atoms with van der Waals surface area (Å²) in [5.74, 6) is -0.673. The van der Waals surface area contributed by atoms with Gasteiger partial charge in [-0.1, -0.05) is 6.58 Å². The Morgan fingerprint density at radius 2 is 1.74 bits per heavy atom. The van der Waals surface area contributed by atoms with Crippen molar-refractivity contribution in [3.05, 3.63) is 47.5 Å². The van der Waals surface area contributed by atoms with Crippen molar-refractivity contribution in [1.82, 2.24) is 4.57 Å². The van der Waals surface area contributed by atoms with E-state index in [-0.39, 0.29) is 17.9 Å². The first kappa shape index (κ1) is 18.6. The van der Waals surface area contributed by atoms with Gasteiger partial charge >= 0.3 is 11.9 Å². The van der Waals surface area contributed by atoms with Crippen LogP contribution in [0.1, 0.15) is 31.4 Å². The quantitative estimate of drug-likeness (QED) is 0.487. The molecule has 1 aromatic heterocycles. The van der Waals surface area contributed by atoms with Crippen LogP contribution in [0, 0.1) is 0 Å². The summed E-state index contributed by atoms with van der Waals surface area (Å²) >= 11 is 0. The summed E-state index contributed by atoms with van der Waals surface area (Å²) in [6, 6.07) is 6.40. The van der Waals surface area contributed by atoms with Gasteiger partial charge in [0.05, 0.1) is 5.69 Å². The SMILES string of the molecule is C=C(C)C(=O)OC1CCc2c(c(O)n(-c3ccc(OC(C)=O)cc3)c2O)C1. The second kappa shape index (κ2) is 7.19. The number of hydrogen-bond donors (Lipinski definition) is 2. The molecular formula is C20H21NO6. The Bertz CT molecular complexity index is 910. The third kappa shape index (κ3) is 3.67. The van der Waals surface area contributed by atoms with E-state index in [1.54, 1.807) is 31.2 Å². The fourth-order valence-electron chi connectivity index (χ4n) is 3.18. The highest BCUT2D eigenvalue weighted by molar-refractivity contribution is 5.87. The molecule has 7 heteroatoms. The summed E-state index contributed by atoms with van der Waals surface area (Å²) < 4.78 is 11.7. The normalized spacial score (nSPS) is 15.7. The van der Waals surface area contributed by atoms with E-state index < -0.39 is 11.9 Å². The maximum atomic E-state index is 11.7. The number of rotatable bonds is 4. The highest BCUT2D eigenvalue weighted by atomic mass is 16.5. The number of aromatic nitrogens is 1. The Morgan fingerprint density at radius 1 is 1.11 bits per heavy atom. The van der Waals surface area contributed by atoms with E-state index in [0.29, 0.717) is 47.4 Å². The van der Waals surface area contributed by atoms with Crippen molar-refractivity contribution in [1.29, 1.82) is 0 Å². The Morgan fingerprint density at radius 3 is 2.33 bits per heavy atom. The molecule has 0 aliphatic heterocycles. The summed E-state index contributed by atoms with van der Waals surface area (Å²) in [5.41, 5.74) is 2.03. The summed E-state index contributed by atoms with van der Waals surface area (Å²) in [6.45, 7) is 6.45. The van der Waals surface area contributed by atoms with Gasteiger partial charge in [-0.05, 0) is 44.0 Å². The van der Waals surface area contributed by atoms with Crippen molar-refractivity contribution >= 4 is 11.9 Å². The average molecular weight is 371 g/mol. The average Bonchev–Trinajstić information content (AvgIpc) is 2.86. The molecule has 0 amide bonds. The van der Waals surface area contributed by atoms with Crippen LogP contribution in [0.15, 0.2) is 36.4 Å². The molecule has 142 valence electrons. The number of carbonyl (C=O) groups excluding carboxylic acids is 2. The molecular weight excluding hydrogens is 350 g/mol. The molecule has 0 saturated heterocycles. The maximum absolute atomic E-state index is 11.7. The summed E-state index contributed by atoms with van der Waals surface area (Å²) in [5, 5.41) is 21.2. The van der Waals surface area contributed by atoms with Crippen LogP contribution in [0.2, 0.25) is 0 Å². The van der Waals surface area contributed by atoms with Crippen LogP contribution in [-0.2, 0) is 27.2 Å². The lowest BCUT2D eigenvalue weighted by Gasteiger charge is -2.22. The monoisotopic (exact) mass is 371 g/mol. The number of carbonyl (C=O) groups is 2. The van der Waals surface area contributed by atoms with Crippen LogP contribution in [0.3, 0.4) is 0 Å². The van der Waals surface area contributed by atoms with Crippen LogP contribution in [0.25, 0.3) is 5.69 Å². The number of aromatic hydroxyl groups is 2. The Balaban J connectivity index is 1.88. The van der Waals surface area contributed by atoms with Crippen molar-refractivity contribution in [3.63, 3.8) is 0 Å². The second-order valence-electron chi connectivity index (χ2n) is 6.58. The minimum absolute atomic E-state index is 0.0487. The molecule has 1 aliphatic carbocycles. The first-order valence-corrected chi connectivity index (χ1v) is 8.57. The third-order valence-electron chi connectivity index (χ3n) is 4.45. The van der Waals surface area contributed by atoms with Crippen molar-refractivity contribution in [2.45, 2.75) is 39.2 Å². The van der Waals surface area contributed by atoms with Crippen molar-refractivity contribution in [2.24, 2.45) is 0 Å². The summed E-state index contributed by atoms with van der Waals surface area (Å²) in [6.07, 6.45) is 0.955. The van der Waals surface area contributed by atoms with Gasteiger partial charge in [0.2, 0.25) is 11.8 Å². The van der Waals surface area contributed by atoms with Crippen LogP contribution in [0.4, 0.5) is 0 Å². The molecule has 1 unspecified atom stereocenters. The highest BCUT2D eigenvalue weighted by Crippen LogP contribution is 2.41. The van der Waals surface area contributed by atoms with E-state index in [1.165, 1.54) is 11.5 Å². The van der Waals surface area contributed by atoms with E-state index in [1.807, 2.05) is 0 Å². The largest absolute Gasteiger partial charge is 0.494 e. The molecule has 0 fully saturated rings. The molecule has 0 bridgehead atoms. The zero-order valence-electron chi connectivity index (χ0n) is 15.2. The van der Waals surface area contributed by atoms with Gasteiger partial charge in [0.15, 0.2) is 0 Å². The molecule has 1 atom stereocenters. The van der Waals surface area contributed by atoms with Crippen LogP contribution >= 0.6 is 0 Å². The summed E-state index contributed by atoms with van der Waals surface area (Å²) in [4.78, 5) is 22.7. The Kier molecular flexibility index (Phi) is 4.94. The number of ether oxygens (including phenoxy) is 2. The fourth-order valence-corrected chi connectivity index (χ4v) is 3.18. The van der Waals surface area contributed by atoms with E-state index in [4.69, 9.17) is 9.47 Å². The molecule has 0 radical (unpaired) electrons. The van der Waals surface area contributed by atoms with Gasteiger partial charge in [0.1, 0.15) is 11.9 Å². The minimum Gasteiger partial charge on any atom is -0.494 e. The lowest BCUT2D eigenvalue weighted by Crippen LogP contribution is -2.25. The van der Waals surface area contributed by atoms with Crippen LogP contribution in [0.5, 0.6) is 17.5 Å². The summed E-state index contributed by atoms with van der Waals surface area (Å²) in [7, 11) is 0. The minimum atomic E-state index is -0.465. The zero-order chi connectivity index (χ0) is 19.7. The van der Waals surface area contributed by atoms with Gasteiger partial charge in [0.25, 0.3) is 0 Å². The van der Waals surface area contributed by atoms with Crippen molar-refractivity contribution in [2.75, 3.05) is 0 Å². The highest BCUT2D eigenvalue weighted by Gasteiger charge is 2.31. The molecule has 27 heavy (non-hydrogen) atoms. The topological polar surface area (TPSA) is 98.0 Å². The zero-order valence-corrected chi connectivity index (χ0v) is 15.2. The van der Waals surface area contributed by atoms with Crippen LogP contribution < -0.4 is 4.74 Å². The fraction of sp³-hybridized carbons (Fsp3) is 0.300. The molecule has 1 aromatic carbocycles. The number of esters is 2. The molecule has 3 rings (SSSR count). The third-order valence-corrected chi connectivity index (χ3v) is 4.45. The lowest BCUT2D eigenvalue weighted by atomic mass is 9.92. The lowest BCUT2D eigenvalue weighted by molar-refractivity contribution is -0.144. The number of nitrogens with zero attached hydrogens (tertiary/aromatic N) is 1. The Labute approximate surface area is 156 Å². The molecule has 2 aromatic rings. The molecule has 1 aliphatic rings. The Hall–Kier alpha value is -3.22. The first-order valence-electron chi connectivity index (χ1n) is 8.57. The smallest absolute Gasteiger partial charge is 0.333 e. The molecule has 0 saturated carbocycles. The number of fused-ring (bicyclic) bond motifs is 1. The van der Waals surface area contributed by atoms with E-state index in [9.17, 15) is 19.8 Å². The van der Waals surface area contributed by atoms with Gasteiger partial charge in [-0.25, -0.2) is 4.79 Å². The molecule has 2 N–H and O–H groups in total. The predicted octanol–water partition coefficient (Wildman–Crippen LogP) is 2.79. The molecule has 0 spiro atoms. The standard InChI is InChI=1S/C20H21NO6/c1-11(2)20(25)27-15-8-9-16-17(10-15)19(24)21(18(16)23)13-4-6-14(7-5-13)26-12(3)22/h4-7,15,23-24H,1,8-10H2,2-3H3. The van der Waals surface area contributed by atoms with E-state index in [0.717, 1.165) is 0 Å².